The number of hydrogen-bond donors (Lipinski definition) is 0. The normalized spacial score (nSPS) is 11.1. The van der Waals surface area contributed by atoms with Crippen molar-refractivity contribution in [1.82, 2.24) is 14.6 Å². The van der Waals surface area contributed by atoms with Crippen LogP contribution in [0.1, 0.15) is 37.9 Å². The maximum atomic E-state index is 4.64. The first-order valence-corrected chi connectivity index (χ1v) is 5.66. The van der Waals surface area contributed by atoms with Crippen LogP contribution in [0.3, 0.4) is 0 Å². The van der Waals surface area contributed by atoms with E-state index in [1.165, 1.54) is 16.8 Å². The van der Waals surface area contributed by atoms with Crippen LogP contribution in [0, 0.1) is 0 Å². The SMILES string of the molecule is CCc1ccnn2c(CC)nc(CC)c12. The number of fused-ring (bicyclic) bond motifs is 1. The van der Waals surface area contributed by atoms with Crippen molar-refractivity contribution < 1.29 is 0 Å². The van der Waals surface area contributed by atoms with Gasteiger partial charge in [0.05, 0.1) is 11.2 Å². The van der Waals surface area contributed by atoms with E-state index in [4.69, 9.17) is 0 Å². The maximum absolute atomic E-state index is 4.64. The Morgan fingerprint density at radius 3 is 2.53 bits per heavy atom. The van der Waals surface area contributed by atoms with Crippen LogP contribution in [0.2, 0.25) is 0 Å². The van der Waals surface area contributed by atoms with Gasteiger partial charge in [0.2, 0.25) is 0 Å². The molecule has 0 saturated carbocycles. The molecule has 0 aromatic carbocycles. The lowest BCUT2D eigenvalue weighted by atomic mass is 10.1. The Balaban J connectivity index is 2.78. The molecule has 0 aliphatic carbocycles. The average molecular weight is 203 g/mol. The van der Waals surface area contributed by atoms with E-state index in [0.717, 1.165) is 25.1 Å². The van der Waals surface area contributed by atoms with Crippen molar-refractivity contribution in [3.63, 3.8) is 0 Å². The summed E-state index contributed by atoms with van der Waals surface area (Å²) in [6.45, 7) is 6.44. The van der Waals surface area contributed by atoms with Gasteiger partial charge in [0.15, 0.2) is 0 Å². The molecule has 0 aliphatic rings. The van der Waals surface area contributed by atoms with Crippen LogP contribution >= 0.6 is 0 Å². The number of aryl methyl sites for hydroxylation is 3. The maximum Gasteiger partial charge on any atom is 0.130 e. The molecule has 0 N–H and O–H groups in total. The molecule has 0 radical (unpaired) electrons. The Labute approximate surface area is 90.1 Å². The quantitative estimate of drug-likeness (QED) is 0.767. The van der Waals surface area contributed by atoms with Gasteiger partial charge in [-0.3, -0.25) is 0 Å². The average Bonchev–Trinajstić information content (AvgIpc) is 2.66. The Morgan fingerprint density at radius 2 is 1.93 bits per heavy atom. The third-order valence-electron chi connectivity index (χ3n) is 2.79. The lowest BCUT2D eigenvalue weighted by molar-refractivity contribution is 0.820. The molecule has 0 atom stereocenters. The Hall–Kier alpha value is -1.38. The number of rotatable bonds is 3. The summed E-state index contributed by atoms with van der Waals surface area (Å²) in [5, 5.41) is 4.38. The molecular weight excluding hydrogens is 186 g/mol. The van der Waals surface area contributed by atoms with Crippen LogP contribution in [0.15, 0.2) is 12.3 Å². The summed E-state index contributed by atoms with van der Waals surface area (Å²) in [5.41, 5.74) is 3.74. The summed E-state index contributed by atoms with van der Waals surface area (Å²) in [6, 6.07) is 2.09. The van der Waals surface area contributed by atoms with E-state index in [9.17, 15) is 0 Å². The lowest BCUT2D eigenvalue weighted by Gasteiger charge is -2.02. The Kier molecular flexibility index (Phi) is 2.71. The second-order valence-electron chi connectivity index (χ2n) is 3.65. The molecule has 0 bridgehead atoms. The molecular formula is C12H17N3. The van der Waals surface area contributed by atoms with Crippen LogP contribution in [0.4, 0.5) is 0 Å². The summed E-state index contributed by atoms with van der Waals surface area (Å²) in [4.78, 5) is 4.64. The van der Waals surface area contributed by atoms with E-state index in [1.54, 1.807) is 0 Å². The minimum absolute atomic E-state index is 0.932. The summed E-state index contributed by atoms with van der Waals surface area (Å²) in [6.07, 6.45) is 4.81. The zero-order chi connectivity index (χ0) is 10.8. The van der Waals surface area contributed by atoms with E-state index in [1.807, 2.05) is 10.7 Å². The highest BCUT2D eigenvalue weighted by Crippen LogP contribution is 2.18. The van der Waals surface area contributed by atoms with Gasteiger partial charge in [-0.25, -0.2) is 9.50 Å². The molecule has 0 fully saturated rings. The summed E-state index contributed by atoms with van der Waals surface area (Å²) < 4.78 is 2.00. The van der Waals surface area contributed by atoms with Crippen LogP contribution in [-0.2, 0) is 19.3 Å². The summed E-state index contributed by atoms with van der Waals surface area (Å²) >= 11 is 0. The highest BCUT2D eigenvalue weighted by molar-refractivity contribution is 5.59. The van der Waals surface area contributed by atoms with Gasteiger partial charge < -0.3 is 0 Å². The van der Waals surface area contributed by atoms with E-state index >= 15 is 0 Å². The monoisotopic (exact) mass is 203 g/mol. The first kappa shape index (κ1) is 10.1. The first-order chi connectivity index (χ1) is 7.31. The molecule has 3 nitrogen and oxygen atoms in total. The molecule has 0 unspecified atom stereocenters. The highest BCUT2D eigenvalue weighted by Gasteiger charge is 2.11. The topological polar surface area (TPSA) is 30.2 Å². The van der Waals surface area contributed by atoms with Crippen molar-refractivity contribution in [3.05, 3.63) is 29.3 Å². The van der Waals surface area contributed by atoms with Crippen LogP contribution in [0.25, 0.3) is 5.52 Å². The first-order valence-electron chi connectivity index (χ1n) is 5.66. The van der Waals surface area contributed by atoms with Crippen LogP contribution in [0.5, 0.6) is 0 Å². The lowest BCUT2D eigenvalue weighted by Crippen LogP contribution is -1.99. The Bertz CT molecular complexity index is 471. The minimum Gasteiger partial charge on any atom is -0.236 e. The third kappa shape index (κ3) is 1.52. The van der Waals surface area contributed by atoms with Gasteiger partial charge in [-0.2, -0.15) is 5.10 Å². The fourth-order valence-corrected chi connectivity index (χ4v) is 1.98. The molecule has 15 heavy (non-hydrogen) atoms. The van der Waals surface area contributed by atoms with E-state index in [-0.39, 0.29) is 0 Å². The summed E-state index contributed by atoms with van der Waals surface area (Å²) in [5.74, 6) is 1.07. The number of nitrogens with zero attached hydrogens (tertiary/aromatic N) is 3. The minimum atomic E-state index is 0.932. The van der Waals surface area contributed by atoms with Gasteiger partial charge in [-0.15, -0.1) is 0 Å². The van der Waals surface area contributed by atoms with Gasteiger partial charge in [-0.1, -0.05) is 20.8 Å². The molecule has 0 aliphatic heterocycles. The molecule has 0 saturated heterocycles. The molecule has 2 rings (SSSR count). The number of imidazole rings is 1. The molecule has 3 heteroatoms. The molecule has 2 heterocycles. The smallest absolute Gasteiger partial charge is 0.130 e. The van der Waals surface area contributed by atoms with Crippen molar-refractivity contribution in [3.8, 4) is 0 Å². The third-order valence-corrected chi connectivity index (χ3v) is 2.79. The van der Waals surface area contributed by atoms with Gasteiger partial charge in [0.1, 0.15) is 5.82 Å². The predicted octanol–water partition coefficient (Wildman–Crippen LogP) is 2.42. The van der Waals surface area contributed by atoms with Gasteiger partial charge >= 0.3 is 0 Å². The number of aromatic nitrogens is 3. The zero-order valence-electron chi connectivity index (χ0n) is 9.62. The van der Waals surface area contributed by atoms with Crippen molar-refractivity contribution in [1.29, 1.82) is 0 Å². The zero-order valence-corrected chi connectivity index (χ0v) is 9.62. The van der Waals surface area contributed by atoms with E-state index in [0.29, 0.717) is 0 Å². The van der Waals surface area contributed by atoms with E-state index < -0.39 is 0 Å². The highest BCUT2D eigenvalue weighted by atomic mass is 15.3. The molecule has 0 amide bonds. The standard InChI is InChI=1S/C12H17N3/c1-4-9-7-8-13-15-11(6-3)14-10(5-2)12(9)15/h7-8H,4-6H2,1-3H3. The fourth-order valence-electron chi connectivity index (χ4n) is 1.98. The fraction of sp³-hybridized carbons (Fsp3) is 0.500. The largest absolute Gasteiger partial charge is 0.236 e. The molecule has 2 aromatic rings. The Morgan fingerprint density at radius 1 is 1.13 bits per heavy atom. The second kappa shape index (κ2) is 4.01. The van der Waals surface area contributed by atoms with Crippen LogP contribution in [-0.4, -0.2) is 14.6 Å². The summed E-state index contributed by atoms with van der Waals surface area (Å²) in [7, 11) is 0. The van der Waals surface area contributed by atoms with E-state index in [2.05, 4.69) is 36.9 Å². The van der Waals surface area contributed by atoms with Crippen LogP contribution < -0.4 is 0 Å². The van der Waals surface area contributed by atoms with Crippen molar-refractivity contribution in [2.24, 2.45) is 0 Å². The van der Waals surface area contributed by atoms with Gasteiger partial charge in [-0.05, 0) is 24.5 Å². The predicted molar refractivity (Wildman–Crippen MR) is 61.1 cm³/mol. The molecule has 2 aromatic heterocycles. The van der Waals surface area contributed by atoms with Gasteiger partial charge in [0, 0.05) is 12.6 Å². The number of hydrogen-bond acceptors (Lipinski definition) is 2. The van der Waals surface area contributed by atoms with Crippen molar-refractivity contribution in [2.45, 2.75) is 40.0 Å². The van der Waals surface area contributed by atoms with Gasteiger partial charge in [0.25, 0.3) is 0 Å². The molecule has 80 valence electrons. The molecule has 0 spiro atoms. The van der Waals surface area contributed by atoms with Crippen molar-refractivity contribution >= 4 is 5.52 Å². The van der Waals surface area contributed by atoms with Crippen molar-refractivity contribution in [2.75, 3.05) is 0 Å². The second-order valence-corrected chi connectivity index (χ2v) is 3.65.